The van der Waals surface area contributed by atoms with E-state index in [0.29, 0.717) is 5.02 Å². The fourth-order valence-corrected chi connectivity index (χ4v) is 5.62. The molecule has 4 aromatic rings. The molecule has 0 aliphatic heterocycles. The Kier molecular flexibility index (Phi) is 9.21. The zero-order valence-corrected chi connectivity index (χ0v) is 22.5. The van der Waals surface area contributed by atoms with Gasteiger partial charge in [0.15, 0.2) is 0 Å². The standard InChI is InChI=1S/C31H28ClNO4S/c1-20(16-30(34)35)8-15-29(38-27-7-3-6-24(18-27)31(36)37)23-5-2-4-21(17-23)9-13-26-14-11-22-10-12-25(32)19-28(22)33-26/h2-7,9-14,17-20,29H,8,15-16H2,1H3,(H,34,35)(H,36,37)/b13-9+. The van der Waals surface area contributed by atoms with Crippen molar-refractivity contribution in [2.24, 2.45) is 5.92 Å². The van der Waals surface area contributed by atoms with Gasteiger partial charge >= 0.3 is 11.9 Å². The van der Waals surface area contributed by atoms with E-state index >= 15 is 0 Å². The number of aromatic nitrogens is 1. The summed E-state index contributed by atoms with van der Waals surface area (Å²) in [5.74, 6) is -1.72. The molecule has 2 unspecified atom stereocenters. The number of thioether (sulfide) groups is 1. The highest BCUT2D eigenvalue weighted by atomic mass is 35.5. The number of pyridine rings is 1. The van der Waals surface area contributed by atoms with Crippen LogP contribution < -0.4 is 0 Å². The van der Waals surface area contributed by atoms with Crippen LogP contribution in [0.5, 0.6) is 0 Å². The highest BCUT2D eigenvalue weighted by Gasteiger charge is 2.17. The van der Waals surface area contributed by atoms with E-state index in [4.69, 9.17) is 16.7 Å². The van der Waals surface area contributed by atoms with Crippen LogP contribution >= 0.6 is 23.4 Å². The van der Waals surface area contributed by atoms with Crippen molar-refractivity contribution in [1.29, 1.82) is 0 Å². The van der Waals surface area contributed by atoms with E-state index in [1.165, 1.54) is 0 Å². The van der Waals surface area contributed by atoms with Crippen LogP contribution in [0.3, 0.4) is 0 Å². The molecule has 0 spiro atoms. The fraction of sp³-hybridized carbons (Fsp3) is 0.194. The number of rotatable bonds is 11. The lowest BCUT2D eigenvalue weighted by atomic mass is 9.97. The SMILES string of the molecule is CC(CCC(Sc1cccc(C(=O)O)c1)c1cccc(/C=C/c2ccc3ccc(Cl)cc3n2)c1)CC(=O)O. The van der Waals surface area contributed by atoms with Gasteiger partial charge in [-0.25, -0.2) is 9.78 Å². The van der Waals surface area contributed by atoms with Gasteiger partial charge in [-0.15, -0.1) is 11.8 Å². The third-order valence-corrected chi connectivity index (χ3v) is 7.76. The van der Waals surface area contributed by atoms with Gasteiger partial charge in [0.05, 0.1) is 16.8 Å². The number of aromatic carboxylic acids is 1. The Hall–Kier alpha value is -3.61. The molecule has 7 heteroatoms. The Morgan fingerprint density at radius 3 is 2.53 bits per heavy atom. The molecule has 0 amide bonds. The van der Waals surface area contributed by atoms with E-state index in [1.54, 1.807) is 30.0 Å². The van der Waals surface area contributed by atoms with E-state index < -0.39 is 11.9 Å². The zero-order chi connectivity index (χ0) is 27.1. The van der Waals surface area contributed by atoms with E-state index in [1.807, 2.05) is 67.6 Å². The average molecular weight is 546 g/mol. The zero-order valence-electron chi connectivity index (χ0n) is 20.9. The largest absolute Gasteiger partial charge is 0.481 e. The van der Waals surface area contributed by atoms with Crippen molar-refractivity contribution in [2.45, 2.75) is 36.3 Å². The second-order valence-corrected chi connectivity index (χ2v) is 11.0. The summed E-state index contributed by atoms with van der Waals surface area (Å²) >= 11 is 7.73. The summed E-state index contributed by atoms with van der Waals surface area (Å²) in [5.41, 5.74) is 4.01. The second-order valence-electron chi connectivity index (χ2n) is 9.30. The summed E-state index contributed by atoms with van der Waals surface area (Å²) in [6, 6.07) is 24.8. The Morgan fingerprint density at radius 1 is 0.947 bits per heavy atom. The van der Waals surface area contributed by atoms with Gasteiger partial charge in [0.1, 0.15) is 0 Å². The van der Waals surface area contributed by atoms with Crippen LogP contribution in [0.25, 0.3) is 23.1 Å². The minimum Gasteiger partial charge on any atom is -0.481 e. The maximum absolute atomic E-state index is 11.5. The molecule has 0 radical (unpaired) electrons. The third-order valence-electron chi connectivity index (χ3n) is 6.21. The second kappa shape index (κ2) is 12.8. The molecule has 38 heavy (non-hydrogen) atoms. The number of carboxylic acids is 2. The lowest BCUT2D eigenvalue weighted by molar-refractivity contribution is -0.138. The highest BCUT2D eigenvalue weighted by molar-refractivity contribution is 7.99. The van der Waals surface area contributed by atoms with Gasteiger partial charge in [0, 0.05) is 27.0 Å². The fourth-order valence-electron chi connectivity index (χ4n) is 4.24. The first-order chi connectivity index (χ1) is 18.3. The minimum atomic E-state index is -0.962. The first kappa shape index (κ1) is 27.4. The van der Waals surface area contributed by atoms with Crippen LogP contribution in [-0.2, 0) is 4.79 Å². The number of halogens is 1. The summed E-state index contributed by atoms with van der Waals surface area (Å²) in [4.78, 5) is 28.2. The maximum Gasteiger partial charge on any atom is 0.335 e. The topological polar surface area (TPSA) is 87.5 Å². The summed E-state index contributed by atoms with van der Waals surface area (Å²) in [6.45, 7) is 1.95. The summed E-state index contributed by atoms with van der Waals surface area (Å²) in [7, 11) is 0. The number of fused-ring (bicyclic) bond motifs is 1. The molecule has 1 heterocycles. The van der Waals surface area contributed by atoms with Crippen molar-refractivity contribution < 1.29 is 19.8 Å². The first-order valence-electron chi connectivity index (χ1n) is 12.3. The smallest absolute Gasteiger partial charge is 0.335 e. The molecule has 2 N–H and O–H groups in total. The Labute approximate surface area is 231 Å². The van der Waals surface area contributed by atoms with Crippen LogP contribution in [-0.4, -0.2) is 27.1 Å². The Bertz CT molecular complexity index is 1490. The van der Waals surface area contributed by atoms with Crippen molar-refractivity contribution in [3.8, 4) is 0 Å². The van der Waals surface area contributed by atoms with Gasteiger partial charge in [0.25, 0.3) is 0 Å². The molecule has 5 nitrogen and oxygen atoms in total. The summed E-state index contributed by atoms with van der Waals surface area (Å²) in [5, 5.41) is 20.3. The molecule has 0 bridgehead atoms. The van der Waals surface area contributed by atoms with E-state index in [-0.39, 0.29) is 23.2 Å². The molecule has 0 aliphatic carbocycles. The molecule has 194 valence electrons. The van der Waals surface area contributed by atoms with E-state index in [0.717, 1.165) is 45.5 Å². The molecule has 1 aromatic heterocycles. The predicted octanol–water partition coefficient (Wildman–Crippen LogP) is 8.48. The molecular weight excluding hydrogens is 518 g/mol. The Balaban J connectivity index is 1.57. The van der Waals surface area contributed by atoms with Crippen LogP contribution in [0.4, 0.5) is 0 Å². The third kappa shape index (κ3) is 7.70. The summed E-state index contributed by atoms with van der Waals surface area (Å²) < 4.78 is 0. The molecule has 4 rings (SSSR count). The number of carboxylic acid groups (broad SMARTS) is 2. The van der Waals surface area contributed by atoms with Gasteiger partial charge in [-0.05, 0) is 72.4 Å². The van der Waals surface area contributed by atoms with E-state index in [2.05, 4.69) is 17.1 Å². The number of aliphatic carboxylic acids is 1. The number of hydrogen-bond acceptors (Lipinski definition) is 4. The summed E-state index contributed by atoms with van der Waals surface area (Å²) in [6.07, 6.45) is 5.61. The van der Waals surface area contributed by atoms with Gasteiger partial charge in [-0.3, -0.25) is 4.79 Å². The minimum absolute atomic E-state index is 0.0320. The molecule has 0 saturated carbocycles. The van der Waals surface area contributed by atoms with E-state index in [9.17, 15) is 14.7 Å². The number of nitrogens with zero attached hydrogens (tertiary/aromatic N) is 1. The normalized spacial score (nSPS) is 13.0. The van der Waals surface area contributed by atoms with Gasteiger partial charge in [-0.2, -0.15) is 0 Å². The van der Waals surface area contributed by atoms with Crippen LogP contribution in [0.2, 0.25) is 5.02 Å². The van der Waals surface area contributed by atoms with Crippen molar-refractivity contribution in [2.75, 3.05) is 0 Å². The Morgan fingerprint density at radius 2 is 1.74 bits per heavy atom. The maximum atomic E-state index is 11.5. The number of carbonyl (C=O) groups is 2. The first-order valence-corrected chi connectivity index (χ1v) is 13.6. The molecule has 2 atom stereocenters. The molecule has 0 fully saturated rings. The van der Waals surface area contributed by atoms with Crippen molar-refractivity contribution in [3.05, 3.63) is 106 Å². The van der Waals surface area contributed by atoms with Crippen LogP contribution in [0.15, 0.2) is 83.8 Å². The lowest BCUT2D eigenvalue weighted by Crippen LogP contribution is -2.06. The quantitative estimate of drug-likeness (QED) is 0.184. The average Bonchev–Trinajstić information content (AvgIpc) is 2.89. The number of benzene rings is 3. The van der Waals surface area contributed by atoms with Gasteiger partial charge in [-0.1, -0.05) is 67.1 Å². The van der Waals surface area contributed by atoms with Gasteiger partial charge in [0.2, 0.25) is 0 Å². The van der Waals surface area contributed by atoms with Crippen LogP contribution in [0.1, 0.15) is 58.6 Å². The van der Waals surface area contributed by atoms with Crippen molar-refractivity contribution in [3.63, 3.8) is 0 Å². The van der Waals surface area contributed by atoms with Gasteiger partial charge < -0.3 is 10.2 Å². The number of hydrogen-bond donors (Lipinski definition) is 2. The van der Waals surface area contributed by atoms with Crippen molar-refractivity contribution in [1.82, 2.24) is 4.98 Å². The predicted molar refractivity (Wildman–Crippen MR) is 155 cm³/mol. The van der Waals surface area contributed by atoms with Crippen molar-refractivity contribution >= 4 is 58.4 Å². The molecule has 3 aromatic carbocycles. The molecule has 0 aliphatic rings. The lowest BCUT2D eigenvalue weighted by Gasteiger charge is -2.20. The molecule has 0 saturated heterocycles. The molecular formula is C31H28ClNO4S. The highest BCUT2D eigenvalue weighted by Crippen LogP contribution is 2.40. The monoisotopic (exact) mass is 545 g/mol. The van der Waals surface area contributed by atoms with Crippen LogP contribution in [0, 0.1) is 5.92 Å².